The number of hydrogen-bond donors (Lipinski definition) is 1. The molecule has 3 rings (SSSR count). The maximum absolute atomic E-state index is 12.3. The van der Waals surface area contributed by atoms with Gasteiger partial charge in [-0.2, -0.15) is 4.57 Å². The second kappa shape index (κ2) is 7.09. The predicted octanol–water partition coefficient (Wildman–Crippen LogP) is 3.90. The fourth-order valence-electron chi connectivity index (χ4n) is 2.83. The van der Waals surface area contributed by atoms with E-state index in [1.54, 1.807) is 0 Å². The highest BCUT2D eigenvalue weighted by Gasteiger charge is 2.11. The van der Waals surface area contributed by atoms with Gasteiger partial charge in [0.2, 0.25) is 6.54 Å². The molecule has 0 fully saturated rings. The van der Waals surface area contributed by atoms with E-state index in [0.717, 1.165) is 27.9 Å². The highest BCUT2D eigenvalue weighted by atomic mass is 16.1. The summed E-state index contributed by atoms with van der Waals surface area (Å²) in [6, 6.07) is 20.2. The Kier molecular flexibility index (Phi) is 4.71. The van der Waals surface area contributed by atoms with Crippen molar-refractivity contribution < 1.29 is 9.36 Å². The number of hydrogen-bond acceptors (Lipinski definition) is 1. The van der Waals surface area contributed by atoms with Crippen molar-refractivity contribution in [2.45, 2.75) is 20.4 Å². The average Bonchev–Trinajstić information content (AvgIpc) is 2.55. The van der Waals surface area contributed by atoms with Crippen molar-refractivity contribution in [1.29, 1.82) is 0 Å². The van der Waals surface area contributed by atoms with Crippen molar-refractivity contribution in [3.05, 3.63) is 84.2 Å². The van der Waals surface area contributed by atoms with Gasteiger partial charge in [0.05, 0.1) is 0 Å². The first-order valence-corrected chi connectivity index (χ1v) is 8.03. The van der Waals surface area contributed by atoms with Gasteiger partial charge in [0.1, 0.15) is 0 Å². The Labute approximate surface area is 142 Å². The van der Waals surface area contributed by atoms with Gasteiger partial charge in [-0.05, 0) is 48.7 Å². The van der Waals surface area contributed by atoms with E-state index >= 15 is 0 Å². The van der Waals surface area contributed by atoms with Crippen LogP contribution in [0.2, 0.25) is 0 Å². The minimum absolute atomic E-state index is 0.0322. The van der Waals surface area contributed by atoms with Crippen LogP contribution in [-0.4, -0.2) is 5.91 Å². The van der Waals surface area contributed by atoms with E-state index in [1.165, 1.54) is 0 Å². The molecule has 0 saturated carbocycles. The Hall–Kier alpha value is -2.94. The number of aryl methyl sites for hydroxylation is 2. The van der Waals surface area contributed by atoms with Gasteiger partial charge in [-0.25, -0.2) is 0 Å². The summed E-state index contributed by atoms with van der Waals surface area (Å²) in [7, 11) is 0. The summed E-state index contributed by atoms with van der Waals surface area (Å²) < 4.78 is 1.90. The van der Waals surface area contributed by atoms with Crippen LogP contribution >= 0.6 is 0 Å². The van der Waals surface area contributed by atoms with E-state index in [2.05, 4.69) is 23.5 Å². The number of carbonyl (C=O) groups excluding carboxylic acids is 1. The largest absolute Gasteiger partial charge is 0.321 e. The zero-order chi connectivity index (χ0) is 16.9. The van der Waals surface area contributed by atoms with Crippen molar-refractivity contribution in [2.75, 3.05) is 5.32 Å². The fourth-order valence-corrected chi connectivity index (χ4v) is 2.83. The molecule has 0 unspecified atom stereocenters. The third-order valence-corrected chi connectivity index (χ3v) is 3.80. The molecular formula is C21H21N2O+. The molecule has 1 amide bonds. The summed E-state index contributed by atoms with van der Waals surface area (Å²) in [6.07, 6.45) is 3.91. The maximum atomic E-state index is 12.3. The van der Waals surface area contributed by atoms with Crippen LogP contribution < -0.4 is 9.88 Å². The lowest BCUT2D eigenvalue weighted by Crippen LogP contribution is -2.39. The fraction of sp³-hybridized carbons (Fsp3) is 0.143. The summed E-state index contributed by atoms with van der Waals surface area (Å²) >= 11 is 0. The Balaban J connectivity index is 1.73. The second-order valence-electron chi connectivity index (χ2n) is 6.06. The van der Waals surface area contributed by atoms with Gasteiger partial charge in [0.15, 0.2) is 12.4 Å². The second-order valence-corrected chi connectivity index (χ2v) is 6.06. The Morgan fingerprint density at radius 2 is 1.58 bits per heavy atom. The first-order chi connectivity index (χ1) is 11.6. The third kappa shape index (κ3) is 4.07. The Morgan fingerprint density at radius 1 is 0.917 bits per heavy atom. The lowest BCUT2D eigenvalue weighted by atomic mass is 10.1. The first-order valence-electron chi connectivity index (χ1n) is 8.03. The van der Waals surface area contributed by atoms with E-state index in [0.29, 0.717) is 0 Å². The monoisotopic (exact) mass is 317 g/mol. The average molecular weight is 317 g/mol. The molecule has 0 aliphatic carbocycles. The molecule has 0 bridgehead atoms. The molecular weight excluding hydrogens is 296 g/mol. The molecule has 2 aromatic carbocycles. The molecule has 0 atom stereocenters. The quantitative estimate of drug-likeness (QED) is 0.727. The highest BCUT2D eigenvalue weighted by molar-refractivity contribution is 5.89. The van der Waals surface area contributed by atoms with Crippen molar-refractivity contribution in [1.82, 2.24) is 0 Å². The Morgan fingerprint density at radius 3 is 2.29 bits per heavy atom. The molecule has 3 aromatic rings. The normalized spacial score (nSPS) is 10.4. The topological polar surface area (TPSA) is 33.0 Å². The number of rotatable bonds is 4. The Bertz CT molecular complexity index is 836. The zero-order valence-electron chi connectivity index (χ0n) is 14.0. The molecule has 3 nitrogen and oxygen atoms in total. The van der Waals surface area contributed by atoms with Crippen LogP contribution in [0.4, 0.5) is 5.69 Å². The number of amides is 1. The summed E-state index contributed by atoms with van der Waals surface area (Å²) in [6.45, 7) is 4.34. The van der Waals surface area contributed by atoms with Crippen LogP contribution in [0.5, 0.6) is 0 Å². The molecule has 0 spiro atoms. The number of carbonyl (C=O) groups is 1. The van der Waals surface area contributed by atoms with Crippen LogP contribution in [0.3, 0.4) is 0 Å². The van der Waals surface area contributed by atoms with Crippen LogP contribution in [0.1, 0.15) is 11.1 Å². The summed E-state index contributed by atoms with van der Waals surface area (Å²) in [5.41, 5.74) is 5.37. The molecule has 1 N–H and O–H groups in total. The molecule has 1 heterocycles. The van der Waals surface area contributed by atoms with Crippen LogP contribution in [0, 0.1) is 13.8 Å². The number of nitrogens with zero attached hydrogens (tertiary/aromatic N) is 1. The predicted molar refractivity (Wildman–Crippen MR) is 96.6 cm³/mol. The minimum Gasteiger partial charge on any atom is -0.321 e. The van der Waals surface area contributed by atoms with Gasteiger partial charge in [0, 0.05) is 17.3 Å². The van der Waals surface area contributed by atoms with Crippen molar-refractivity contribution in [3.63, 3.8) is 0 Å². The summed E-state index contributed by atoms with van der Waals surface area (Å²) in [4.78, 5) is 12.3. The van der Waals surface area contributed by atoms with E-state index in [1.807, 2.05) is 73.3 Å². The van der Waals surface area contributed by atoms with Gasteiger partial charge in [-0.15, -0.1) is 0 Å². The summed E-state index contributed by atoms with van der Waals surface area (Å²) in [5, 5.41) is 2.97. The number of nitrogens with one attached hydrogen (secondary N) is 1. The maximum Gasteiger partial charge on any atom is 0.290 e. The molecule has 24 heavy (non-hydrogen) atoms. The molecule has 0 radical (unpaired) electrons. The molecule has 1 aromatic heterocycles. The van der Waals surface area contributed by atoms with E-state index in [9.17, 15) is 4.79 Å². The van der Waals surface area contributed by atoms with Gasteiger partial charge in [-0.1, -0.05) is 36.4 Å². The van der Waals surface area contributed by atoms with Gasteiger partial charge in [0.25, 0.3) is 5.91 Å². The lowest BCUT2D eigenvalue weighted by Gasteiger charge is -2.06. The first kappa shape index (κ1) is 15.9. The third-order valence-electron chi connectivity index (χ3n) is 3.80. The van der Waals surface area contributed by atoms with E-state index in [4.69, 9.17) is 0 Å². The lowest BCUT2D eigenvalue weighted by molar-refractivity contribution is -0.683. The highest BCUT2D eigenvalue weighted by Crippen LogP contribution is 2.16. The van der Waals surface area contributed by atoms with Crippen molar-refractivity contribution in [3.8, 4) is 11.1 Å². The molecule has 0 saturated heterocycles. The van der Waals surface area contributed by atoms with Gasteiger partial charge >= 0.3 is 0 Å². The van der Waals surface area contributed by atoms with Crippen LogP contribution in [0.25, 0.3) is 11.1 Å². The number of benzene rings is 2. The number of aromatic nitrogens is 1. The van der Waals surface area contributed by atoms with E-state index < -0.39 is 0 Å². The number of anilines is 1. The van der Waals surface area contributed by atoms with Crippen molar-refractivity contribution in [2.24, 2.45) is 0 Å². The number of pyridine rings is 1. The van der Waals surface area contributed by atoms with Gasteiger partial charge in [-0.3, -0.25) is 4.79 Å². The van der Waals surface area contributed by atoms with Crippen molar-refractivity contribution >= 4 is 11.6 Å². The minimum atomic E-state index is -0.0322. The van der Waals surface area contributed by atoms with Gasteiger partial charge < -0.3 is 5.32 Å². The molecule has 0 aliphatic rings. The zero-order valence-corrected chi connectivity index (χ0v) is 14.0. The molecule has 3 heteroatoms. The standard InChI is InChI=1S/C21H20N2O/c1-16-11-17(2)13-20(12-16)22-21(24)15-23-10-6-9-19(14-23)18-7-4-3-5-8-18/h3-14H,15H2,1-2H3/p+1. The van der Waals surface area contributed by atoms with E-state index in [-0.39, 0.29) is 12.5 Å². The smallest absolute Gasteiger partial charge is 0.290 e. The van der Waals surface area contributed by atoms with Crippen LogP contribution in [0.15, 0.2) is 73.1 Å². The van der Waals surface area contributed by atoms with Crippen LogP contribution in [-0.2, 0) is 11.3 Å². The molecule has 120 valence electrons. The summed E-state index contributed by atoms with van der Waals surface area (Å²) in [5.74, 6) is -0.0322. The SMILES string of the molecule is Cc1cc(C)cc(NC(=O)C[n+]2cccc(-c3ccccc3)c2)c1. The molecule has 0 aliphatic heterocycles.